The monoisotopic (exact) mass is 384 g/mol. The van der Waals surface area contributed by atoms with Gasteiger partial charge in [0.05, 0.1) is 12.2 Å². The Balaban J connectivity index is 1.90. The number of benzene rings is 2. The highest BCUT2D eigenvalue weighted by atomic mass is 16.5. The second kappa shape index (κ2) is 11.1. The minimum absolute atomic E-state index is 0.116. The molecule has 0 aliphatic rings. The first kappa shape index (κ1) is 21.5. The molecule has 0 aliphatic heterocycles. The zero-order valence-corrected chi connectivity index (χ0v) is 16.6. The molecular weight excluding hydrogens is 356 g/mol. The summed E-state index contributed by atoms with van der Waals surface area (Å²) in [5.41, 5.74) is 0.596. The quantitative estimate of drug-likeness (QED) is 0.247. The molecule has 0 aromatic heterocycles. The number of rotatable bonds is 11. The van der Waals surface area contributed by atoms with E-state index in [1.54, 1.807) is 36.4 Å². The summed E-state index contributed by atoms with van der Waals surface area (Å²) in [6.45, 7) is 4.10. The molecule has 0 fully saturated rings. The second-order valence-corrected chi connectivity index (χ2v) is 6.74. The van der Waals surface area contributed by atoms with Gasteiger partial charge in [-0.25, -0.2) is 0 Å². The van der Waals surface area contributed by atoms with Gasteiger partial charge >= 0.3 is 5.97 Å². The van der Waals surface area contributed by atoms with Crippen LogP contribution in [0.15, 0.2) is 42.5 Å². The molecule has 0 saturated carbocycles. The molecule has 0 atom stereocenters. The number of hydrogen-bond acceptors (Lipinski definition) is 5. The highest BCUT2D eigenvalue weighted by molar-refractivity contribution is 6.10. The van der Waals surface area contributed by atoms with E-state index in [9.17, 15) is 14.7 Å². The van der Waals surface area contributed by atoms with E-state index in [1.807, 2.05) is 0 Å². The third-order valence-corrected chi connectivity index (χ3v) is 4.36. The fourth-order valence-corrected chi connectivity index (χ4v) is 2.86. The largest absolute Gasteiger partial charge is 0.507 e. The summed E-state index contributed by atoms with van der Waals surface area (Å²) in [4.78, 5) is 23.5. The van der Waals surface area contributed by atoms with E-state index in [-0.39, 0.29) is 17.1 Å². The van der Waals surface area contributed by atoms with Gasteiger partial charge < -0.3 is 14.6 Å². The van der Waals surface area contributed by atoms with Crippen molar-refractivity contribution in [1.29, 1.82) is 0 Å². The van der Waals surface area contributed by atoms with Gasteiger partial charge in [0.25, 0.3) is 0 Å². The molecule has 0 radical (unpaired) electrons. The number of esters is 1. The molecule has 2 aromatic rings. The van der Waals surface area contributed by atoms with Crippen LogP contribution in [0.25, 0.3) is 0 Å². The van der Waals surface area contributed by atoms with Gasteiger partial charge in [-0.3, -0.25) is 9.59 Å². The fourth-order valence-electron chi connectivity index (χ4n) is 2.86. The van der Waals surface area contributed by atoms with Crippen molar-refractivity contribution in [2.24, 2.45) is 0 Å². The third kappa shape index (κ3) is 6.72. The molecule has 1 N–H and O–H groups in total. The zero-order chi connectivity index (χ0) is 20.4. The van der Waals surface area contributed by atoms with E-state index in [0.717, 1.165) is 12.8 Å². The Bertz CT molecular complexity index is 780. The number of unbranched alkanes of at least 4 members (excludes halogenated alkanes) is 5. The lowest BCUT2D eigenvalue weighted by Crippen LogP contribution is -2.04. The maximum atomic E-state index is 12.6. The van der Waals surface area contributed by atoms with Crippen molar-refractivity contribution in [2.75, 3.05) is 6.61 Å². The van der Waals surface area contributed by atoms with Crippen LogP contribution < -0.4 is 9.47 Å². The van der Waals surface area contributed by atoms with Gasteiger partial charge in [0, 0.05) is 18.6 Å². The molecule has 0 bridgehead atoms. The van der Waals surface area contributed by atoms with Gasteiger partial charge in [0.1, 0.15) is 17.2 Å². The Labute approximate surface area is 166 Å². The fraction of sp³-hybridized carbons (Fsp3) is 0.391. The van der Waals surface area contributed by atoms with Crippen molar-refractivity contribution in [3.05, 3.63) is 53.6 Å². The first-order valence-corrected chi connectivity index (χ1v) is 9.80. The van der Waals surface area contributed by atoms with Crippen molar-refractivity contribution in [2.45, 2.75) is 52.4 Å². The van der Waals surface area contributed by atoms with E-state index in [1.165, 1.54) is 38.7 Å². The lowest BCUT2D eigenvalue weighted by Gasteiger charge is -2.09. The Morgan fingerprint density at radius 3 is 2.18 bits per heavy atom. The maximum Gasteiger partial charge on any atom is 0.308 e. The number of ketones is 1. The molecule has 0 amide bonds. The van der Waals surface area contributed by atoms with Crippen LogP contribution >= 0.6 is 0 Å². The molecule has 0 aliphatic carbocycles. The normalized spacial score (nSPS) is 10.5. The Morgan fingerprint density at radius 2 is 1.54 bits per heavy atom. The van der Waals surface area contributed by atoms with Crippen LogP contribution in [0.5, 0.6) is 17.2 Å². The zero-order valence-electron chi connectivity index (χ0n) is 16.6. The van der Waals surface area contributed by atoms with Crippen LogP contribution in [0.2, 0.25) is 0 Å². The Hall–Kier alpha value is -2.82. The molecule has 0 spiro atoms. The van der Waals surface area contributed by atoms with Crippen molar-refractivity contribution in [3.63, 3.8) is 0 Å². The Kier molecular flexibility index (Phi) is 8.53. The standard InChI is InChI=1S/C23H28O5/c1-3-4-5-6-7-8-15-27-20-13-14-21(22(25)16-20)23(26)18-9-11-19(12-10-18)28-17(2)24/h9-14,16,25H,3-8,15H2,1-2H3. The number of carbonyl (C=O) groups is 2. The van der Waals surface area contributed by atoms with E-state index in [0.29, 0.717) is 23.7 Å². The lowest BCUT2D eigenvalue weighted by atomic mass is 10.0. The second-order valence-electron chi connectivity index (χ2n) is 6.74. The summed E-state index contributed by atoms with van der Waals surface area (Å²) in [7, 11) is 0. The molecule has 5 nitrogen and oxygen atoms in total. The SMILES string of the molecule is CCCCCCCCOc1ccc(C(=O)c2ccc(OC(C)=O)cc2)c(O)c1. The van der Waals surface area contributed by atoms with Gasteiger partial charge in [-0.05, 0) is 42.8 Å². The van der Waals surface area contributed by atoms with Crippen molar-refractivity contribution >= 4 is 11.8 Å². The van der Waals surface area contributed by atoms with Crippen LogP contribution in [-0.4, -0.2) is 23.5 Å². The summed E-state index contributed by atoms with van der Waals surface area (Å²) in [5, 5.41) is 10.2. The van der Waals surface area contributed by atoms with Crippen molar-refractivity contribution in [3.8, 4) is 17.2 Å². The Morgan fingerprint density at radius 1 is 0.893 bits per heavy atom. The smallest absolute Gasteiger partial charge is 0.308 e. The van der Waals surface area contributed by atoms with Crippen LogP contribution in [0.4, 0.5) is 0 Å². The average molecular weight is 384 g/mol. The van der Waals surface area contributed by atoms with Crippen molar-refractivity contribution < 1.29 is 24.2 Å². The van der Waals surface area contributed by atoms with Gasteiger partial charge in [0.2, 0.25) is 0 Å². The maximum absolute atomic E-state index is 12.6. The third-order valence-electron chi connectivity index (χ3n) is 4.36. The van der Waals surface area contributed by atoms with Gasteiger partial charge in [-0.2, -0.15) is 0 Å². The molecule has 0 saturated heterocycles. The van der Waals surface area contributed by atoms with E-state index >= 15 is 0 Å². The first-order chi connectivity index (χ1) is 13.5. The predicted molar refractivity (Wildman–Crippen MR) is 108 cm³/mol. The number of ether oxygens (including phenoxy) is 2. The molecular formula is C23H28O5. The van der Waals surface area contributed by atoms with Crippen LogP contribution in [0.3, 0.4) is 0 Å². The summed E-state index contributed by atoms with van der Waals surface area (Å²) in [6, 6.07) is 10.9. The van der Waals surface area contributed by atoms with Gasteiger partial charge in [0.15, 0.2) is 5.78 Å². The average Bonchev–Trinajstić information content (AvgIpc) is 2.67. The minimum atomic E-state index is -0.423. The van der Waals surface area contributed by atoms with Gasteiger partial charge in [-0.15, -0.1) is 0 Å². The topological polar surface area (TPSA) is 72.8 Å². The first-order valence-electron chi connectivity index (χ1n) is 9.80. The molecule has 0 heterocycles. The van der Waals surface area contributed by atoms with E-state index in [2.05, 4.69) is 6.92 Å². The summed E-state index contributed by atoms with van der Waals surface area (Å²) in [6.07, 6.45) is 7.09. The number of phenolic OH excluding ortho intramolecular Hbond substituents is 1. The number of aromatic hydroxyl groups is 1. The highest BCUT2D eigenvalue weighted by Crippen LogP contribution is 2.26. The summed E-state index contributed by atoms with van der Waals surface area (Å²) in [5.74, 6) is 0.0663. The highest BCUT2D eigenvalue weighted by Gasteiger charge is 2.15. The van der Waals surface area contributed by atoms with E-state index < -0.39 is 5.97 Å². The molecule has 28 heavy (non-hydrogen) atoms. The summed E-state index contributed by atoms with van der Waals surface area (Å²) < 4.78 is 10.6. The van der Waals surface area contributed by atoms with Crippen molar-refractivity contribution in [1.82, 2.24) is 0 Å². The lowest BCUT2D eigenvalue weighted by molar-refractivity contribution is -0.131. The van der Waals surface area contributed by atoms with Crippen LogP contribution in [0, 0.1) is 0 Å². The minimum Gasteiger partial charge on any atom is -0.507 e. The molecule has 2 aromatic carbocycles. The van der Waals surface area contributed by atoms with Crippen LogP contribution in [-0.2, 0) is 4.79 Å². The molecule has 0 unspecified atom stereocenters. The predicted octanol–water partition coefficient (Wildman–Crippen LogP) is 5.29. The summed E-state index contributed by atoms with van der Waals surface area (Å²) >= 11 is 0. The van der Waals surface area contributed by atoms with Gasteiger partial charge in [-0.1, -0.05) is 39.0 Å². The van der Waals surface area contributed by atoms with E-state index in [4.69, 9.17) is 9.47 Å². The number of phenols is 1. The van der Waals surface area contributed by atoms with Crippen LogP contribution in [0.1, 0.15) is 68.3 Å². The number of carbonyl (C=O) groups excluding carboxylic acids is 2. The molecule has 2 rings (SSSR count). The number of hydrogen-bond donors (Lipinski definition) is 1. The molecule has 5 heteroatoms. The molecule has 150 valence electrons.